The van der Waals surface area contributed by atoms with Gasteiger partial charge in [-0.1, -0.05) is 6.42 Å². The highest BCUT2D eigenvalue weighted by atomic mass is 16.5. The van der Waals surface area contributed by atoms with Gasteiger partial charge in [0.1, 0.15) is 0 Å². The Morgan fingerprint density at radius 3 is 2.68 bits per heavy atom. The normalized spacial score (nSPS) is 32.6. The molecule has 1 spiro atoms. The van der Waals surface area contributed by atoms with Crippen LogP contribution in [0.4, 0.5) is 0 Å². The molecule has 108 valence electrons. The summed E-state index contributed by atoms with van der Waals surface area (Å²) < 4.78 is 5.89. The van der Waals surface area contributed by atoms with Crippen LogP contribution in [0.3, 0.4) is 0 Å². The Morgan fingerprint density at radius 2 is 2.16 bits per heavy atom. The second kappa shape index (κ2) is 5.31. The minimum atomic E-state index is 0.410. The van der Waals surface area contributed by atoms with Gasteiger partial charge in [-0.25, -0.2) is 0 Å². The first-order valence-electron chi connectivity index (χ1n) is 7.87. The number of ether oxygens (including phenoxy) is 1. The molecule has 0 aromatic heterocycles. The van der Waals surface area contributed by atoms with E-state index < -0.39 is 0 Å². The minimum Gasteiger partial charge on any atom is -0.378 e. The molecule has 3 saturated carbocycles. The molecule has 0 bridgehead atoms. The van der Waals surface area contributed by atoms with Gasteiger partial charge >= 0.3 is 0 Å². The van der Waals surface area contributed by atoms with E-state index in [4.69, 9.17) is 4.74 Å². The molecule has 0 saturated heterocycles. The molecule has 2 atom stereocenters. The lowest BCUT2D eigenvalue weighted by Gasteiger charge is -2.61. The number of nitrogens with zero attached hydrogens (tertiary/aromatic N) is 1. The van der Waals surface area contributed by atoms with Crippen molar-refractivity contribution in [2.45, 2.75) is 57.6 Å². The molecular formula is C15H27N3O. The molecule has 3 aliphatic rings. The van der Waals surface area contributed by atoms with Crippen molar-refractivity contribution in [2.75, 3.05) is 20.2 Å². The standard InChI is InChI=1S/C15H27N3O/c1-3-19-13-9-12(15(13)7-4-8-15)18-14(16-2)17-10-11-5-6-11/h11-13H,3-10H2,1-2H3,(H2,16,17,18). The van der Waals surface area contributed by atoms with E-state index in [1.807, 2.05) is 7.05 Å². The van der Waals surface area contributed by atoms with Gasteiger partial charge in [0.2, 0.25) is 0 Å². The first-order valence-corrected chi connectivity index (χ1v) is 7.87. The molecule has 0 aliphatic heterocycles. The average Bonchev–Trinajstić information content (AvgIpc) is 3.13. The Kier molecular flexibility index (Phi) is 3.70. The van der Waals surface area contributed by atoms with E-state index in [1.54, 1.807) is 0 Å². The fraction of sp³-hybridized carbons (Fsp3) is 0.933. The molecule has 4 nitrogen and oxygen atoms in total. The van der Waals surface area contributed by atoms with Gasteiger partial charge in [-0.15, -0.1) is 0 Å². The fourth-order valence-electron chi connectivity index (χ4n) is 3.56. The van der Waals surface area contributed by atoms with E-state index in [0.717, 1.165) is 31.4 Å². The summed E-state index contributed by atoms with van der Waals surface area (Å²) in [6.45, 7) is 4.02. The summed E-state index contributed by atoms with van der Waals surface area (Å²) in [6, 6.07) is 0.559. The van der Waals surface area contributed by atoms with Crippen LogP contribution in [-0.4, -0.2) is 38.3 Å². The molecule has 0 aromatic carbocycles. The number of rotatable bonds is 5. The van der Waals surface area contributed by atoms with E-state index >= 15 is 0 Å². The van der Waals surface area contributed by atoms with Crippen LogP contribution in [0.1, 0.15) is 45.4 Å². The second-order valence-corrected chi connectivity index (χ2v) is 6.36. The predicted molar refractivity (Wildman–Crippen MR) is 77.3 cm³/mol. The highest BCUT2D eigenvalue weighted by Gasteiger charge is 2.59. The van der Waals surface area contributed by atoms with Crippen LogP contribution in [0.15, 0.2) is 4.99 Å². The van der Waals surface area contributed by atoms with E-state index in [1.165, 1.54) is 32.1 Å². The Bertz CT molecular complexity index is 347. The van der Waals surface area contributed by atoms with Crippen molar-refractivity contribution >= 4 is 5.96 Å². The summed E-state index contributed by atoms with van der Waals surface area (Å²) in [5, 5.41) is 7.09. The molecule has 0 radical (unpaired) electrons. The third kappa shape index (κ3) is 2.47. The van der Waals surface area contributed by atoms with Crippen LogP contribution in [0.25, 0.3) is 0 Å². The molecular weight excluding hydrogens is 238 g/mol. The van der Waals surface area contributed by atoms with Crippen LogP contribution in [0, 0.1) is 11.3 Å². The van der Waals surface area contributed by atoms with Crippen molar-refractivity contribution in [3.8, 4) is 0 Å². The van der Waals surface area contributed by atoms with E-state index in [0.29, 0.717) is 17.6 Å². The molecule has 19 heavy (non-hydrogen) atoms. The number of hydrogen-bond acceptors (Lipinski definition) is 2. The van der Waals surface area contributed by atoms with Gasteiger partial charge in [0.15, 0.2) is 5.96 Å². The molecule has 3 fully saturated rings. The topological polar surface area (TPSA) is 45.6 Å². The van der Waals surface area contributed by atoms with Gasteiger partial charge < -0.3 is 15.4 Å². The first-order chi connectivity index (χ1) is 9.28. The van der Waals surface area contributed by atoms with Crippen molar-refractivity contribution in [3.63, 3.8) is 0 Å². The zero-order chi connectivity index (χ0) is 13.3. The van der Waals surface area contributed by atoms with Gasteiger partial charge in [0.25, 0.3) is 0 Å². The maximum Gasteiger partial charge on any atom is 0.191 e. The third-order valence-corrected chi connectivity index (χ3v) is 5.23. The SMILES string of the molecule is CCOC1CC(NC(=NC)NCC2CC2)C12CCC2. The number of aliphatic imine (C=N–C) groups is 1. The third-order valence-electron chi connectivity index (χ3n) is 5.23. The summed E-state index contributed by atoms with van der Waals surface area (Å²) >= 11 is 0. The van der Waals surface area contributed by atoms with Crippen molar-refractivity contribution in [1.82, 2.24) is 10.6 Å². The lowest BCUT2D eigenvalue weighted by Crippen LogP contribution is -2.68. The monoisotopic (exact) mass is 265 g/mol. The fourth-order valence-corrected chi connectivity index (χ4v) is 3.56. The largest absolute Gasteiger partial charge is 0.378 e. The molecule has 3 aliphatic carbocycles. The van der Waals surface area contributed by atoms with Crippen LogP contribution in [0.5, 0.6) is 0 Å². The molecule has 0 heterocycles. The maximum atomic E-state index is 5.89. The minimum absolute atomic E-state index is 0.410. The van der Waals surface area contributed by atoms with Crippen LogP contribution in [-0.2, 0) is 4.74 Å². The van der Waals surface area contributed by atoms with Crippen LogP contribution >= 0.6 is 0 Å². The molecule has 4 heteroatoms. The molecule has 0 aromatic rings. The Labute approximate surface area is 116 Å². The average molecular weight is 265 g/mol. The Balaban J connectivity index is 1.51. The molecule has 3 rings (SSSR count). The zero-order valence-electron chi connectivity index (χ0n) is 12.2. The van der Waals surface area contributed by atoms with Crippen molar-refractivity contribution in [1.29, 1.82) is 0 Å². The zero-order valence-corrected chi connectivity index (χ0v) is 12.2. The summed E-state index contributed by atoms with van der Waals surface area (Å²) in [5.41, 5.74) is 0.410. The lowest BCUT2D eigenvalue weighted by atomic mass is 9.51. The van der Waals surface area contributed by atoms with Crippen molar-refractivity contribution < 1.29 is 4.74 Å². The van der Waals surface area contributed by atoms with Gasteiger partial charge in [0, 0.05) is 31.7 Å². The van der Waals surface area contributed by atoms with E-state index in [2.05, 4.69) is 22.5 Å². The predicted octanol–water partition coefficient (Wildman–Crippen LogP) is 1.91. The Hall–Kier alpha value is -0.770. The van der Waals surface area contributed by atoms with Gasteiger partial charge in [-0.2, -0.15) is 0 Å². The van der Waals surface area contributed by atoms with Gasteiger partial charge in [-0.05, 0) is 44.9 Å². The molecule has 2 unspecified atom stereocenters. The summed E-state index contributed by atoms with van der Waals surface area (Å²) in [6.07, 6.45) is 8.36. The van der Waals surface area contributed by atoms with Gasteiger partial charge in [0.05, 0.1) is 6.10 Å². The number of hydrogen-bond donors (Lipinski definition) is 2. The maximum absolute atomic E-state index is 5.89. The quantitative estimate of drug-likeness (QED) is 0.589. The summed E-state index contributed by atoms with van der Waals surface area (Å²) in [4.78, 5) is 4.36. The van der Waals surface area contributed by atoms with Crippen LogP contribution in [0.2, 0.25) is 0 Å². The van der Waals surface area contributed by atoms with Gasteiger partial charge in [-0.3, -0.25) is 4.99 Å². The van der Waals surface area contributed by atoms with Crippen molar-refractivity contribution in [3.05, 3.63) is 0 Å². The second-order valence-electron chi connectivity index (χ2n) is 6.36. The highest BCUT2D eigenvalue weighted by Crippen LogP contribution is 2.57. The first kappa shape index (κ1) is 13.2. The van der Waals surface area contributed by atoms with Crippen molar-refractivity contribution in [2.24, 2.45) is 16.3 Å². The molecule has 0 amide bonds. The van der Waals surface area contributed by atoms with E-state index in [-0.39, 0.29) is 0 Å². The molecule has 2 N–H and O–H groups in total. The summed E-state index contributed by atoms with van der Waals surface area (Å²) in [7, 11) is 1.87. The Morgan fingerprint density at radius 1 is 1.37 bits per heavy atom. The lowest BCUT2D eigenvalue weighted by molar-refractivity contribution is -0.168. The van der Waals surface area contributed by atoms with Crippen LogP contribution < -0.4 is 10.6 Å². The smallest absolute Gasteiger partial charge is 0.191 e. The summed E-state index contributed by atoms with van der Waals surface area (Å²) in [5.74, 6) is 1.87. The number of nitrogens with one attached hydrogen (secondary N) is 2. The highest BCUT2D eigenvalue weighted by molar-refractivity contribution is 5.80. The van der Waals surface area contributed by atoms with E-state index in [9.17, 15) is 0 Å². The number of guanidine groups is 1.